The van der Waals surface area contributed by atoms with Gasteiger partial charge in [-0.25, -0.2) is 4.98 Å². The Hall–Kier alpha value is -1.69. The molecule has 6 heteroatoms. The molecule has 0 fully saturated rings. The van der Waals surface area contributed by atoms with E-state index in [0.717, 1.165) is 0 Å². The molecule has 3 N–H and O–H groups in total. The van der Waals surface area contributed by atoms with E-state index in [2.05, 4.69) is 15.2 Å². The highest BCUT2D eigenvalue weighted by atomic mass is 16.2. The third kappa shape index (κ3) is 2.27. The first kappa shape index (κ1) is 10.8. The zero-order valence-electron chi connectivity index (χ0n) is 9.13. The summed E-state index contributed by atoms with van der Waals surface area (Å²) >= 11 is 0. The molecule has 0 aromatic carbocycles. The smallest absolute Gasteiger partial charge is 0.229 e. The second kappa shape index (κ2) is 4.44. The van der Waals surface area contributed by atoms with Crippen LogP contribution in [0.4, 0.5) is 0 Å². The van der Waals surface area contributed by atoms with E-state index in [9.17, 15) is 4.79 Å². The maximum absolute atomic E-state index is 12.0. The zero-order chi connectivity index (χ0) is 11.5. The maximum Gasteiger partial charge on any atom is 0.229 e. The fourth-order valence-electron chi connectivity index (χ4n) is 1.80. The molecule has 86 valence electrons. The highest BCUT2D eigenvalue weighted by Gasteiger charge is 2.25. The molecule has 2 rings (SSSR count). The summed E-state index contributed by atoms with van der Waals surface area (Å²) in [5.41, 5.74) is 5.71. The van der Waals surface area contributed by atoms with Gasteiger partial charge < -0.3 is 10.6 Å². The Kier molecular flexibility index (Phi) is 3.00. The number of nitrogens with zero attached hydrogens (tertiary/aromatic N) is 3. The van der Waals surface area contributed by atoms with Crippen LogP contribution < -0.4 is 5.73 Å². The van der Waals surface area contributed by atoms with Crippen LogP contribution in [0.3, 0.4) is 0 Å². The van der Waals surface area contributed by atoms with E-state index in [1.807, 2.05) is 12.2 Å². The van der Waals surface area contributed by atoms with Crippen molar-refractivity contribution in [3.8, 4) is 0 Å². The summed E-state index contributed by atoms with van der Waals surface area (Å²) in [5, 5.41) is 6.46. The summed E-state index contributed by atoms with van der Waals surface area (Å²) in [5.74, 6) is 0.658. The third-order valence-electron chi connectivity index (χ3n) is 2.66. The van der Waals surface area contributed by atoms with E-state index in [4.69, 9.17) is 5.73 Å². The van der Waals surface area contributed by atoms with Crippen molar-refractivity contribution < 1.29 is 4.79 Å². The molecule has 0 radical (unpaired) electrons. The Morgan fingerprint density at radius 2 is 2.50 bits per heavy atom. The number of hydrogen-bond acceptors (Lipinski definition) is 4. The lowest BCUT2D eigenvalue weighted by molar-refractivity contribution is -0.133. The maximum atomic E-state index is 12.0. The van der Waals surface area contributed by atoms with Gasteiger partial charge in [-0.3, -0.25) is 9.89 Å². The van der Waals surface area contributed by atoms with Crippen LogP contribution >= 0.6 is 0 Å². The molecule has 0 spiro atoms. The molecule has 1 aromatic rings. The predicted molar refractivity (Wildman–Crippen MR) is 58.1 cm³/mol. The van der Waals surface area contributed by atoms with Gasteiger partial charge >= 0.3 is 0 Å². The van der Waals surface area contributed by atoms with Crippen LogP contribution in [-0.2, 0) is 11.3 Å². The van der Waals surface area contributed by atoms with Crippen LogP contribution in [0.5, 0.6) is 0 Å². The molecule has 1 aromatic heterocycles. The molecule has 2 atom stereocenters. The standard InChI is InChI=1S/C10H15N5O/c1-15(5-9-12-6-13-14-9)10(16)7-2-3-8(11)4-7/h2-3,6-8H,4-5,11H2,1H3,(H,12,13,14). The quantitative estimate of drug-likeness (QED) is 0.684. The number of nitrogens with one attached hydrogen (secondary N) is 1. The van der Waals surface area contributed by atoms with Crippen molar-refractivity contribution in [2.75, 3.05) is 7.05 Å². The van der Waals surface area contributed by atoms with Crippen molar-refractivity contribution in [1.29, 1.82) is 0 Å². The van der Waals surface area contributed by atoms with E-state index >= 15 is 0 Å². The number of amides is 1. The highest BCUT2D eigenvalue weighted by molar-refractivity contribution is 5.80. The molecule has 1 heterocycles. The fourth-order valence-corrected chi connectivity index (χ4v) is 1.80. The van der Waals surface area contributed by atoms with E-state index < -0.39 is 0 Å². The minimum absolute atomic E-state index is 0.00706. The molecule has 1 amide bonds. The topological polar surface area (TPSA) is 87.9 Å². The molecule has 2 unspecified atom stereocenters. The van der Waals surface area contributed by atoms with E-state index in [-0.39, 0.29) is 17.9 Å². The Bertz CT molecular complexity index is 386. The van der Waals surface area contributed by atoms with Crippen LogP contribution in [0.1, 0.15) is 12.2 Å². The summed E-state index contributed by atoms with van der Waals surface area (Å²) in [4.78, 5) is 17.6. The number of aromatic amines is 1. The van der Waals surface area contributed by atoms with Gasteiger partial charge in [-0.15, -0.1) is 0 Å². The van der Waals surface area contributed by atoms with Gasteiger partial charge in [0.15, 0.2) is 0 Å². The molecule has 1 aliphatic rings. The minimum Gasteiger partial charge on any atom is -0.338 e. The largest absolute Gasteiger partial charge is 0.338 e. The van der Waals surface area contributed by atoms with Gasteiger partial charge in [-0.1, -0.05) is 12.2 Å². The monoisotopic (exact) mass is 221 g/mol. The van der Waals surface area contributed by atoms with Crippen molar-refractivity contribution in [2.24, 2.45) is 11.7 Å². The van der Waals surface area contributed by atoms with Gasteiger partial charge in [0.1, 0.15) is 12.2 Å². The van der Waals surface area contributed by atoms with Gasteiger partial charge in [0.25, 0.3) is 0 Å². The molecule has 6 nitrogen and oxygen atoms in total. The normalized spacial score (nSPS) is 23.6. The number of hydrogen-bond donors (Lipinski definition) is 2. The van der Waals surface area contributed by atoms with Crippen LogP contribution in [-0.4, -0.2) is 39.1 Å². The van der Waals surface area contributed by atoms with Gasteiger partial charge in [0.2, 0.25) is 5.91 Å². The number of rotatable bonds is 3. The Labute approximate surface area is 93.5 Å². The second-order valence-corrected chi connectivity index (χ2v) is 4.02. The first-order valence-electron chi connectivity index (χ1n) is 5.20. The van der Waals surface area contributed by atoms with Gasteiger partial charge in [-0.2, -0.15) is 5.10 Å². The van der Waals surface area contributed by atoms with Gasteiger partial charge in [0, 0.05) is 13.1 Å². The fraction of sp³-hybridized carbons (Fsp3) is 0.500. The lowest BCUT2D eigenvalue weighted by atomic mass is 10.1. The average molecular weight is 221 g/mol. The molecule has 0 aliphatic heterocycles. The minimum atomic E-state index is -0.0945. The van der Waals surface area contributed by atoms with Crippen molar-refractivity contribution in [1.82, 2.24) is 20.1 Å². The molecule has 16 heavy (non-hydrogen) atoms. The molecular formula is C10H15N5O. The number of carbonyl (C=O) groups excluding carboxylic acids is 1. The molecule has 0 bridgehead atoms. The SMILES string of the molecule is CN(Cc1ncn[nH]1)C(=O)C1C=CC(N)C1. The lowest BCUT2D eigenvalue weighted by Gasteiger charge is -2.19. The predicted octanol–water partition coefficient (Wildman–Crippen LogP) is -0.334. The van der Waals surface area contributed by atoms with Crippen LogP contribution in [0.15, 0.2) is 18.5 Å². The summed E-state index contributed by atoms with van der Waals surface area (Å²) < 4.78 is 0. The summed E-state index contributed by atoms with van der Waals surface area (Å²) in [6, 6.07) is 0.00706. The van der Waals surface area contributed by atoms with E-state index in [0.29, 0.717) is 18.8 Å². The number of carbonyl (C=O) groups is 1. The van der Waals surface area contributed by atoms with Crippen molar-refractivity contribution in [3.63, 3.8) is 0 Å². The molecule has 0 saturated carbocycles. The summed E-state index contributed by atoms with van der Waals surface area (Å²) in [6.45, 7) is 0.443. The first-order chi connectivity index (χ1) is 7.66. The van der Waals surface area contributed by atoms with Crippen LogP contribution in [0.25, 0.3) is 0 Å². The number of H-pyrrole nitrogens is 1. The molecular weight excluding hydrogens is 206 g/mol. The van der Waals surface area contributed by atoms with Gasteiger partial charge in [-0.05, 0) is 6.42 Å². The molecule has 1 aliphatic carbocycles. The van der Waals surface area contributed by atoms with E-state index in [1.54, 1.807) is 11.9 Å². The van der Waals surface area contributed by atoms with Crippen molar-refractivity contribution in [2.45, 2.75) is 19.0 Å². The Morgan fingerprint density at radius 3 is 3.06 bits per heavy atom. The summed E-state index contributed by atoms with van der Waals surface area (Å²) in [6.07, 6.45) is 5.88. The van der Waals surface area contributed by atoms with Crippen molar-refractivity contribution >= 4 is 5.91 Å². The average Bonchev–Trinajstić information content (AvgIpc) is 2.88. The van der Waals surface area contributed by atoms with E-state index in [1.165, 1.54) is 6.33 Å². The second-order valence-electron chi connectivity index (χ2n) is 4.02. The van der Waals surface area contributed by atoms with Crippen LogP contribution in [0.2, 0.25) is 0 Å². The number of aromatic nitrogens is 3. The Balaban J connectivity index is 1.92. The number of nitrogens with two attached hydrogens (primary N) is 1. The van der Waals surface area contributed by atoms with Crippen molar-refractivity contribution in [3.05, 3.63) is 24.3 Å². The highest BCUT2D eigenvalue weighted by Crippen LogP contribution is 2.18. The zero-order valence-corrected chi connectivity index (χ0v) is 9.13. The molecule has 0 saturated heterocycles. The van der Waals surface area contributed by atoms with Gasteiger partial charge in [0.05, 0.1) is 12.5 Å². The summed E-state index contributed by atoms with van der Waals surface area (Å²) in [7, 11) is 1.75. The first-order valence-corrected chi connectivity index (χ1v) is 5.20. The Morgan fingerprint density at radius 1 is 1.69 bits per heavy atom. The lowest BCUT2D eigenvalue weighted by Crippen LogP contribution is -2.32. The third-order valence-corrected chi connectivity index (χ3v) is 2.66. The van der Waals surface area contributed by atoms with Crippen LogP contribution in [0, 0.1) is 5.92 Å².